The van der Waals surface area contributed by atoms with E-state index in [0.717, 1.165) is 23.3 Å². The number of hydrogen-bond donors (Lipinski definition) is 2. The number of halogens is 2. The molecule has 1 amide bonds. The minimum absolute atomic E-state index is 0.0763. The van der Waals surface area contributed by atoms with Crippen LogP contribution in [0.25, 0.3) is 0 Å². The van der Waals surface area contributed by atoms with E-state index in [9.17, 15) is 9.18 Å². The molecular weight excluding hydrogens is 319 g/mol. The van der Waals surface area contributed by atoms with Crippen molar-refractivity contribution in [2.24, 2.45) is 0 Å². The fourth-order valence-corrected chi connectivity index (χ4v) is 2.26. The molecule has 0 fully saturated rings. The van der Waals surface area contributed by atoms with Crippen molar-refractivity contribution in [1.82, 2.24) is 15.3 Å². The summed E-state index contributed by atoms with van der Waals surface area (Å²) in [4.78, 5) is 20.4. The van der Waals surface area contributed by atoms with Crippen LogP contribution in [0.1, 0.15) is 17.2 Å². The zero-order chi connectivity index (χ0) is 16.8. The van der Waals surface area contributed by atoms with Gasteiger partial charge in [0.15, 0.2) is 0 Å². The Morgan fingerprint density at radius 3 is 2.57 bits per heavy atom. The molecule has 0 bridgehead atoms. The summed E-state index contributed by atoms with van der Waals surface area (Å²) in [7, 11) is 0. The van der Waals surface area contributed by atoms with Crippen LogP contribution in [0.3, 0.4) is 0 Å². The van der Waals surface area contributed by atoms with E-state index in [1.807, 2.05) is 19.9 Å². The summed E-state index contributed by atoms with van der Waals surface area (Å²) in [6, 6.07) is 6.01. The summed E-state index contributed by atoms with van der Waals surface area (Å²) < 4.78 is 13.6. The third-order valence-electron chi connectivity index (χ3n) is 3.04. The van der Waals surface area contributed by atoms with Gasteiger partial charge in [-0.3, -0.25) is 4.79 Å². The number of aromatic nitrogens is 2. The Morgan fingerprint density at radius 2 is 1.91 bits per heavy atom. The van der Waals surface area contributed by atoms with Gasteiger partial charge in [0.2, 0.25) is 5.91 Å². The number of carbonyl (C=O) groups excluding carboxylic acids is 1. The fraction of sp³-hybridized carbons (Fsp3) is 0.312. The highest BCUT2D eigenvalue weighted by Crippen LogP contribution is 2.18. The molecule has 0 unspecified atom stereocenters. The molecule has 5 nitrogen and oxygen atoms in total. The number of carbonyl (C=O) groups is 1. The molecule has 0 aliphatic rings. The van der Waals surface area contributed by atoms with Gasteiger partial charge in [-0.2, -0.15) is 0 Å². The maximum atomic E-state index is 13.6. The largest absolute Gasteiger partial charge is 0.322 e. The molecule has 0 saturated heterocycles. The maximum absolute atomic E-state index is 13.6. The molecule has 1 aromatic heterocycles. The first-order valence-electron chi connectivity index (χ1n) is 7.21. The molecule has 7 heteroatoms. The highest BCUT2D eigenvalue weighted by Gasteiger charge is 2.07. The third kappa shape index (κ3) is 5.58. The Labute approximate surface area is 139 Å². The molecular formula is C16H18ClFN4O. The van der Waals surface area contributed by atoms with Gasteiger partial charge in [0.1, 0.15) is 11.6 Å². The second-order valence-electron chi connectivity index (χ2n) is 5.17. The highest BCUT2D eigenvalue weighted by atomic mass is 35.5. The maximum Gasteiger partial charge on any atom is 0.238 e. The second-order valence-corrected chi connectivity index (χ2v) is 5.60. The van der Waals surface area contributed by atoms with Crippen LogP contribution in [-0.4, -0.2) is 29.0 Å². The SMILES string of the molecule is Cc1cc(C)nc(CCNCC(=O)Nc2ccc(Cl)cc2F)n1. The predicted molar refractivity (Wildman–Crippen MR) is 88.1 cm³/mol. The molecule has 0 radical (unpaired) electrons. The Bertz CT molecular complexity index is 688. The molecule has 0 spiro atoms. The molecule has 0 saturated carbocycles. The molecule has 122 valence electrons. The number of anilines is 1. The Morgan fingerprint density at radius 1 is 1.22 bits per heavy atom. The molecule has 2 rings (SSSR count). The molecule has 0 atom stereocenters. The second kappa shape index (κ2) is 7.99. The minimum atomic E-state index is -0.561. The molecule has 1 heterocycles. The Balaban J connectivity index is 1.76. The topological polar surface area (TPSA) is 66.9 Å². The zero-order valence-electron chi connectivity index (χ0n) is 13.0. The van der Waals surface area contributed by atoms with Gasteiger partial charge in [0.25, 0.3) is 0 Å². The van der Waals surface area contributed by atoms with Crippen LogP contribution in [0.2, 0.25) is 5.02 Å². The van der Waals surface area contributed by atoms with Crippen LogP contribution in [0.15, 0.2) is 24.3 Å². The smallest absolute Gasteiger partial charge is 0.238 e. The average molecular weight is 337 g/mol. The number of aryl methyl sites for hydroxylation is 2. The first kappa shape index (κ1) is 17.3. The van der Waals surface area contributed by atoms with Crippen LogP contribution in [0, 0.1) is 19.7 Å². The van der Waals surface area contributed by atoms with Gasteiger partial charge in [-0.05, 0) is 38.1 Å². The fourth-order valence-electron chi connectivity index (χ4n) is 2.10. The van der Waals surface area contributed by atoms with Crippen LogP contribution in [-0.2, 0) is 11.2 Å². The molecule has 23 heavy (non-hydrogen) atoms. The third-order valence-corrected chi connectivity index (χ3v) is 3.28. The van der Waals surface area contributed by atoms with Crippen LogP contribution in [0.4, 0.5) is 10.1 Å². The van der Waals surface area contributed by atoms with E-state index in [1.165, 1.54) is 12.1 Å². The number of nitrogens with one attached hydrogen (secondary N) is 2. The van der Waals surface area contributed by atoms with Crippen molar-refractivity contribution in [2.75, 3.05) is 18.4 Å². The lowest BCUT2D eigenvalue weighted by Crippen LogP contribution is -2.30. The van der Waals surface area contributed by atoms with Gasteiger partial charge in [-0.1, -0.05) is 11.6 Å². The Kier molecular flexibility index (Phi) is 6.01. The predicted octanol–water partition coefficient (Wildman–Crippen LogP) is 2.66. The lowest BCUT2D eigenvalue weighted by atomic mass is 10.3. The average Bonchev–Trinajstić information content (AvgIpc) is 2.46. The first-order chi connectivity index (χ1) is 10.9. The van der Waals surface area contributed by atoms with E-state index >= 15 is 0 Å². The van der Waals surface area contributed by atoms with Gasteiger partial charge >= 0.3 is 0 Å². The van der Waals surface area contributed by atoms with Crippen LogP contribution >= 0.6 is 11.6 Å². The lowest BCUT2D eigenvalue weighted by Gasteiger charge is -2.08. The van der Waals surface area contributed by atoms with Crippen molar-refractivity contribution in [3.63, 3.8) is 0 Å². The van der Waals surface area contributed by atoms with Gasteiger partial charge in [0, 0.05) is 29.4 Å². The summed E-state index contributed by atoms with van der Waals surface area (Å²) >= 11 is 5.66. The minimum Gasteiger partial charge on any atom is -0.322 e. The summed E-state index contributed by atoms with van der Waals surface area (Å²) in [5.41, 5.74) is 1.95. The Hall–Kier alpha value is -2.05. The molecule has 0 aliphatic carbocycles. The highest BCUT2D eigenvalue weighted by molar-refractivity contribution is 6.30. The number of benzene rings is 1. The normalized spacial score (nSPS) is 10.6. The van der Waals surface area contributed by atoms with Crippen LogP contribution in [0.5, 0.6) is 0 Å². The van der Waals surface area contributed by atoms with E-state index in [1.54, 1.807) is 0 Å². The van der Waals surface area contributed by atoms with Crippen molar-refractivity contribution < 1.29 is 9.18 Å². The molecule has 2 aromatic rings. The quantitative estimate of drug-likeness (QED) is 0.796. The molecule has 1 aromatic carbocycles. The van der Waals surface area contributed by atoms with E-state index < -0.39 is 5.82 Å². The number of hydrogen-bond acceptors (Lipinski definition) is 4. The number of amides is 1. The van der Waals surface area contributed by atoms with Crippen molar-refractivity contribution in [2.45, 2.75) is 20.3 Å². The van der Waals surface area contributed by atoms with Crippen molar-refractivity contribution in [1.29, 1.82) is 0 Å². The summed E-state index contributed by atoms with van der Waals surface area (Å²) in [6.07, 6.45) is 0.616. The first-order valence-corrected chi connectivity index (χ1v) is 7.58. The molecule has 0 aliphatic heterocycles. The number of rotatable bonds is 6. The van der Waals surface area contributed by atoms with Crippen LogP contribution < -0.4 is 10.6 Å². The van der Waals surface area contributed by atoms with Crippen molar-refractivity contribution in [3.05, 3.63) is 52.3 Å². The van der Waals surface area contributed by atoms with Crippen molar-refractivity contribution >= 4 is 23.2 Å². The van der Waals surface area contributed by atoms with Gasteiger partial charge in [-0.25, -0.2) is 14.4 Å². The van der Waals surface area contributed by atoms with Gasteiger partial charge < -0.3 is 10.6 Å². The molecule has 2 N–H and O–H groups in total. The lowest BCUT2D eigenvalue weighted by molar-refractivity contribution is -0.115. The monoisotopic (exact) mass is 336 g/mol. The van der Waals surface area contributed by atoms with E-state index in [4.69, 9.17) is 11.6 Å². The van der Waals surface area contributed by atoms with E-state index in [0.29, 0.717) is 13.0 Å². The summed E-state index contributed by atoms with van der Waals surface area (Å²) in [5.74, 6) is -0.152. The summed E-state index contributed by atoms with van der Waals surface area (Å²) in [5, 5.41) is 5.76. The number of nitrogens with zero attached hydrogens (tertiary/aromatic N) is 2. The van der Waals surface area contributed by atoms with Gasteiger partial charge in [0.05, 0.1) is 12.2 Å². The van der Waals surface area contributed by atoms with E-state index in [-0.39, 0.29) is 23.2 Å². The van der Waals surface area contributed by atoms with E-state index in [2.05, 4.69) is 20.6 Å². The zero-order valence-corrected chi connectivity index (χ0v) is 13.7. The summed E-state index contributed by atoms with van der Waals surface area (Å²) in [6.45, 7) is 4.46. The van der Waals surface area contributed by atoms with Crippen molar-refractivity contribution in [3.8, 4) is 0 Å². The standard InChI is InChI=1S/C16H18ClFN4O/c1-10-7-11(2)21-15(20-10)5-6-19-9-16(23)22-14-4-3-12(17)8-13(14)18/h3-4,7-8,19H,5-6,9H2,1-2H3,(H,22,23). The van der Waals surface area contributed by atoms with Gasteiger partial charge in [-0.15, -0.1) is 0 Å².